The maximum Gasteiger partial charge on any atom is 0.223 e. The largest absolute Gasteiger partial charge is 0.355 e. The van der Waals surface area contributed by atoms with Crippen LogP contribution in [0.4, 0.5) is 4.39 Å². The van der Waals surface area contributed by atoms with Gasteiger partial charge in [-0.05, 0) is 58.6 Å². The van der Waals surface area contributed by atoms with Crippen molar-refractivity contribution >= 4 is 39.3 Å². The van der Waals surface area contributed by atoms with Crippen molar-refractivity contribution in [1.29, 1.82) is 0 Å². The Morgan fingerprint density at radius 1 is 1.24 bits per heavy atom. The molecule has 2 rings (SSSR count). The van der Waals surface area contributed by atoms with Gasteiger partial charge in [0.2, 0.25) is 15.9 Å². The highest BCUT2D eigenvalue weighted by molar-refractivity contribution is 7.98. The van der Waals surface area contributed by atoms with Gasteiger partial charge < -0.3 is 5.32 Å². The molecule has 0 heterocycles. The van der Waals surface area contributed by atoms with Gasteiger partial charge in [-0.1, -0.05) is 17.7 Å². The van der Waals surface area contributed by atoms with Crippen LogP contribution >= 0.6 is 23.4 Å². The smallest absolute Gasteiger partial charge is 0.223 e. The van der Waals surface area contributed by atoms with E-state index in [9.17, 15) is 17.6 Å². The summed E-state index contributed by atoms with van der Waals surface area (Å²) in [5.74, 6) is 0.730. The molecule has 5 nitrogen and oxygen atoms in total. The van der Waals surface area contributed by atoms with Gasteiger partial charge in [0, 0.05) is 40.6 Å². The van der Waals surface area contributed by atoms with E-state index in [-0.39, 0.29) is 23.7 Å². The molecule has 29 heavy (non-hydrogen) atoms. The molecule has 0 bridgehead atoms. The van der Waals surface area contributed by atoms with Crippen LogP contribution < -0.4 is 10.0 Å². The molecule has 1 aliphatic rings. The van der Waals surface area contributed by atoms with Gasteiger partial charge in [-0.25, -0.2) is 17.5 Å². The maximum absolute atomic E-state index is 13.7. The number of nitrogens with one attached hydrogen (secondary N) is 2. The van der Waals surface area contributed by atoms with Crippen LogP contribution in [0.5, 0.6) is 0 Å². The highest BCUT2D eigenvalue weighted by Gasteiger charge is 2.33. The van der Waals surface area contributed by atoms with Gasteiger partial charge in [-0.3, -0.25) is 4.79 Å². The third-order valence-electron chi connectivity index (χ3n) is 5.08. The minimum Gasteiger partial charge on any atom is -0.355 e. The highest BCUT2D eigenvalue weighted by Crippen LogP contribution is 2.27. The first-order valence-electron chi connectivity index (χ1n) is 9.81. The Balaban J connectivity index is 1.67. The van der Waals surface area contributed by atoms with Gasteiger partial charge in [0.15, 0.2) is 0 Å². The normalized spacial score (nSPS) is 20.4. The zero-order chi connectivity index (χ0) is 21.7. The van der Waals surface area contributed by atoms with Gasteiger partial charge in [-0.15, -0.1) is 0 Å². The number of hydrogen-bond donors (Lipinski definition) is 2. The summed E-state index contributed by atoms with van der Waals surface area (Å²) in [7, 11) is -3.37. The topological polar surface area (TPSA) is 75.3 Å². The molecular formula is C20H30ClFN2O3S2. The second-order valence-corrected chi connectivity index (χ2v) is 12.3. The number of halogens is 2. The summed E-state index contributed by atoms with van der Waals surface area (Å²) in [5.41, 5.74) is 0.488. The number of benzene rings is 1. The molecule has 9 heteroatoms. The molecule has 1 saturated carbocycles. The van der Waals surface area contributed by atoms with E-state index in [1.54, 1.807) is 32.9 Å². The van der Waals surface area contributed by atoms with Crippen molar-refractivity contribution in [2.75, 3.05) is 12.3 Å². The first-order chi connectivity index (χ1) is 13.5. The van der Waals surface area contributed by atoms with E-state index in [4.69, 9.17) is 11.6 Å². The summed E-state index contributed by atoms with van der Waals surface area (Å²) in [4.78, 5) is 12.4. The monoisotopic (exact) mass is 464 g/mol. The number of hydrogen-bond acceptors (Lipinski definition) is 4. The van der Waals surface area contributed by atoms with Crippen molar-refractivity contribution in [3.05, 3.63) is 34.6 Å². The number of thioether (sulfide) groups is 1. The van der Waals surface area contributed by atoms with Crippen molar-refractivity contribution < 1.29 is 17.6 Å². The van der Waals surface area contributed by atoms with Crippen LogP contribution in [0, 0.1) is 11.7 Å². The van der Waals surface area contributed by atoms with Crippen molar-refractivity contribution in [2.24, 2.45) is 5.92 Å². The van der Waals surface area contributed by atoms with Crippen LogP contribution in [0.25, 0.3) is 0 Å². The predicted octanol–water partition coefficient (Wildman–Crippen LogP) is 4.11. The molecule has 1 fully saturated rings. The number of amides is 1. The van der Waals surface area contributed by atoms with Crippen molar-refractivity contribution in [3.8, 4) is 0 Å². The van der Waals surface area contributed by atoms with Crippen LogP contribution in [0.2, 0.25) is 5.02 Å². The van der Waals surface area contributed by atoms with Crippen molar-refractivity contribution in [1.82, 2.24) is 10.0 Å². The fourth-order valence-corrected chi connectivity index (χ4v) is 5.33. The van der Waals surface area contributed by atoms with Crippen molar-refractivity contribution in [2.45, 2.75) is 63.0 Å². The molecule has 1 aliphatic carbocycles. The minimum atomic E-state index is -3.37. The third kappa shape index (κ3) is 7.12. The summed E-state index contributed by atoms with van der Waals surface area (Å²) in [6.45, 7) is 5.53. The van der Waals surface area contributed by atoms with Crippen molar-refractivity contribution in [3.63, 3.8) is 0 Å². The molecule has 0 aliphatic heterocycles. The zero-order valence-corrected chi connectivity index (χ0v) is 19.5. The third-order valence-corrected chi connectivity index (χ3v) is 8.68. The molecular weight excluding hydrogens is 435 g/mol. The van der Waals surface area contributed by atoms with Gasteiger partial charge in [0.05, 0.1) is 4.75 Å². The Labute approximate surface area is 182 Å². The minimum absolute atomic E-state index is 0.00616. The molecule has 0 aromatic heterocycles. The first kappa shape index (κ1) is 24.4. The van der Waals surface area contributed by atoms with Crippen LogP contribution in [-0.2, 0) is 20.6 Å². The van der Waals surface area contributed by atoms with E-state index < -0.39 is 14.8 Å². The predicted molar refractivity (Wildman–Crippen MR) is 118 cm³/mol. The first-order valence-corrected chi connectivity index (χ1v) is 12.8. The number of carbonyl (C=O) groups is 1. The molecule has 0 atom stereocenters. The van der Waals surface area contributed by atoms with Crippen LogP contribution in [0.3, 0.4) is 0 Å². The van der Waals surface area contributed by atoms with Crippen LogP contribution in [0.15, 0.2) is 18.2 Å². The Morgan fingerprint density at radius 2 is 1.90 bits per heavy atom. The Kier molecular flexibility index (Phi) is 8.82. The molecule has 1 aromatic rings. The number of carbonyl (C=O) groups excluding carboxylic acids is 1. The molecule has 0 spiro atoms. The SMILES string of the molecule is CC(C)(C)S(=O)(=O)N[C@H]1CC[C@H](C(=O)NCCSCc2c(F)cccc2Cl)CC1. The quantitative estimate of drug-likeness (QED) is 0.568. The van der Waals surface area contributed by atoms with E-state index in [2.05, 4.69) is 10.0 Å². The lowest BCUT2D eigenvalue weighted by molar-refractivity contribution is -0.125. The maximum atomic E-state index is 13.7. The second kappa shape index (κ2) is 10.5. The van der Waals surface area contributed by atoms with Gasteiger partial charge >= 0.3 is 0 Å². The summed E-state index contributed by atoms with van der Waals surface area (Å²) in [5, 5.41) is 3.35. The van der Waals surface area contributed by atoms with E-state index in [1.165, 1.54) is 17.8 Å². The van der Waals surface area contributed by atoms with Crippen LogP contribution in [0.1, 0.15) is 52.0 Å². The lowest BCUT2D eigenvalue weighted by Crippen LogP contribution is -2.46. The molecule has 0 saturated heterocycles. The van der Waals surface area contributed by atoms with Gasteiger partial charge in [0.25, 0.3) is 0 Å². The molecule has 1 amide bonds. The summed E-state index contributed by atoms with van der Waals surface area (Å²) < 4.78 is 40.2. The molecule has 0 radical (unpaired) electrons. The highest BCUT2D eigenvalue weighted by atomic mass is 35.5. The van der Waals surface area contributed by atoms with Crippen LogP contribution in [-0.4, -0.2) is 37.4 Å². The summed E-state index contributed by atoms with van der Waals surface area (Å²) in [6.07, 6.45) is 2.66. The lowest BCUT2D eigenvalue weighted by Gasteiger charge is -2.30. The Morgan fingerprint density at radius 3 is 2.48 bits per heavy atom. The van der Waals surface area contributed by atoms with E-state index in [0.29, 0.717) is 54.3 Å². The average molecular weight is 465 g/mol. The standard InChI is InChI=1S/C20H30ClFN2O3S2/c1-20(2,3)29(26,27)24-15-9-7-14(8-10-15)19(25)23-11-12-28-13-16-17(21)5-4-6-18(16)22/h4-6,14-15,24H,7-13H2,1-3H3,(H,23,25)/t14-,15-. The lowest BCUT2D eigenvalue weighted by atomic mass is 9.86. The Bertz CT molecular complexity index is 784. The molecule has 2 N–H and O–H groups in total. The zero-order valence-electron chi connectivity index (χ0n) is 17.1. The molecule has 1 aromatic carbocycles. The summed E-state index contributed by atoms with van der Waals surface area (Å²) in [6, 6.07) is 4.53. The second-order valence-electron chi connectivity index (χ2n) is 8.33. The molecule has 0 unspecified atom stereocenters. The molecule has 164 valence electrons. The van der Waals surface area contributed by atoms with E-state index in [0.717, 1.165) is 0 Å². The van der Waals surface area contributed by atoms with E-state index in [1.807, 2.05) is 0 Å². The average Bonchev–Trinajstić information content (AvgIpc) is 2.62. The Hall–Kier alpha value is -0.830. The number of sulfonamides is 1. The van der Waals surface area contributed by atoms with Gasteiger partial charge in [0.1, 0.15) is 5.82 Å². The fraction of sp³-hybridized carbons (Fsp3) is 0.650. The number of rotatable bonds is 8. The fourth-order valence-electron chi connectivity index (χ4n) is 3.10. The summed E-state index contributed by atoms with van der Waals surface area (Å²) >= 11 is 7.52. The van der Waals surface area contributed by atoms with E-state index >= 15 is 0 Å². The van der Waals surface area contributed by atoms with Gasteiger partial charge in [-0.2, -0.15) is 11.8 Å².